The minimum Gasteiger partial charge on any atom is -0.337 e. The van der Waals surface area contributed by atoms with Crippen molar-refractivity contribution in [1.82, 2.24) is 14.4 Å². The lowest BCUT2D eigenvalue weighted by Crippen LogP contribution is -2.30. The maximum atomic E-state index is 13.4. The minimum absolute atomic E-state index is 0.0962. The monoisotopic (exact) mass is 468 g/mol. The van der Waals surface area contributed by atoms with Crippen molar-refractivity contribution in [2.45, 2.75) is 51.0 Å². The van der Waals surface area contributed by atoms with Gasteiger partial charge in [0.2, 0.25) is 27.6 Å². The van der Waals surface area contributed by atoms with E-state index < -0.39 is 16.1 Å². The molecule has 0 aliphatic carbocycles. The molecule has 1 amide bonds. The number of rotatable bonds is 7. The molecule has 174 valence electrons. The molecule has 8 nitrogen and oxygen atoms in total. The SMILES string of the molecule is Cc1ccccc1-c1noc(C2CCCN2S(=O)(=O)c2ccc(NC(=O)CC(C)C)cc2)n1. The molecule has 1 aliphatic rings. The summed E-state index contributed by atoms with van der Waals surface area (Å²) in [6, 6.07) is 13.5. The molecular weight excluding hydrogens is 440 g/mol. The number of nitrogens with one attached hydrogen (secondary N) is 1. The summed E-state index contributed by atoms with van der Waals surface area (Å²) in [5.41, 5.74) is 2.44. The molecule has 1 saturated heterocycles. The molecule has 3 aromatic rings. The van der Waals surface area contributed by atoms with Crippen LogP contribution in [0.4, 0.5) is 5.69 Å². The summed E-state index contributed by atoms with van der Waals surface area (Å²) in [7, 11) is -3.77. The molecule has 0 spiro atoms. The highest BCUT2D eigenvalue weighted by atomic mass is 32.2. The Morgan fingerprint density at radius 2 is 1.91 bits per heavy atom. The molecule has 1 aromatic heterocycles. The van der Waals surface area contributed by atoms with Crippen LogP contribution in [0.1, 0.15) is 50.6 Å². The van der Waals surface area contributed by atoms with E-state index in [0.29, 0.717) is 43.2 Å². The quantitative estimate of drug-likeness (QED) is 0.545. The first-order valence-electron chi connectivity index (χ1n) is 11.1. The van der Waals surface area contributed by atoms with E-state index in [0.717, 1.165) is 11.1 Å². The summed E-state index contributed by atoms with van der Waals surface area (Å²) in [5, 5.41) is 6.89. The summed E-state index contributed by atoms with van der Waals surface area (Å²) in [4.78, 5) is 16.7. The zero-order chi connectivity index (χ0) is 23.6. The summed E-state index contributed by atoms with van der Waals surface area (Å²) in [6.07, 6.45) is 1.72. The lowest BCUT2D eigenvalue weighted by Gasteiger charge is -2.21. The molecular formula is C24H28N4O4S. The van der Waals surface area contributed by atoms with E-state index >= 15 is 0 Å². The Labute approximate surface area is 194 Å². The number of amides is 1. The fourth-order valence-electron chi connectivity index (χ4n) is 4.01. The Bertz CT molecular complexity index is 1240. The van der Waals surface area contributed by atoms with E-state index in [-0.39, 0.29) is 16.7 Å². The highest BCUT2D eigenvalue weighted by molar-refractivity contribution is 7.89. The van der Waals surface area contributed by atoms with E-state index in [4.69, 9.17) is 4.52 Å². The molecule has 33 heavy (non-hydrogen) atoms. The molecule has 0 bridgehead atoms. The van der Waals surface area contributed by atoms with Crippen LogP contribution in [0.15, 0.2) is 57.9 Å². The maximum absolute atomic E-state index is 13.4. The Morgan fingerprint density at radius 3 is 2.61 bits per heavy atom. The number of aromatic nitrogens is 2. The van der Waals surface area contributed by atoms with Gasteiger partial charge in [0, 0.05) is 24.2 Å². The molecule has 1 fully saturated rings. The zero-order valence-electron chi connectivity index (χ0n) is 19.0. The standard InChI is InChI=1S/C24H28N4O4S/c1-16(2)15-22(29)25-18-10-12-19(13-11-18)33(30,31)28-14-6-9-21(28)24-26-23(27-32-24)20-8-5-4-7-17(20)3/h4-5,7-8,10-13,16,21H,6,9,14-15H2,1-3H3,(H,25,29). The summed E-state index contributed by atoms with van der Waals surface area (Å²) in [6.45, 7) is 6.28. The van der Waals surface area contributed by atoms with Gasteiger partial charge >= 0.3 is 0 Å². The van der Waals surface area contributed by atoms with Crippen molar-refractivity contribution >= 4 is 21.6 Å². The van der Waals surface area contributed by atoms with Gasteiger partial charge in [0.15, 0.2) is 0 Å². The van der Waals surface area contributed by atoms with E-state index in [9.17, 15) is 13.2 Å². The number of nitrogens with zero attached hydrogens (tertiary/aromatic N) is 3. The fraction of sp³-hybridized carbons (Fsp3) is 0.375. The number of carbonyl (C=O) groups is 1. The third-order valence-corrected chi connectivity index (χ3v) is 7.58. The Kier molecular flexibility index (Phi) is 6.62. The van der Waals surface area contributed by atoms with Crippen LogP contribution >= 0.6 is 0 Å². The second-order valence-electron chi connectivity index (χ2n) is 8.72. The Hall–Kier alpha value is -3.04. The molecule has 1 unspecified atom stereocenters. The molecule has 1 N–H and O–H groups in total. The van der Waals surface area contributed by atoms with Gasteiger partial charge in [-0.3, -0.25) is 4.79 Å². The van der Waals surface area contributed by atoms with Gasteiger partial charge in [0.05, 0.1) is 4.90 Å². The third-order valence-electron chi connectivity index (χ3n) is 5.65. The van der Waals surface area contributed by atoms with Gasteiger partial charge in [0.1, 0.15) is 6.04 Å². The van der Waals surface area contributed by atoms with Gasteiger partial charge in [-0.05, 0) is 55.5 Å². The average molecular weight is 469 g/mol. The second-order valence-corrected chi connectivity index (χ2v) is 10.6. The number of carbonyl (C=O) groups excluding carboxylic acids is 1. The second kappa shape index (κ2) is 9.44. The van der Waals surface area contributed by atoms with E-state index in [1.54, 1.807) is 12.1 Å². The molecule has 1 aliphatic heterocycles. The topological polar surface area (TPSA) is 105 Å². The van der Waals surface area contributed by atoms with Crippen molar-refractivity contribution in [2.75, 3.05) is 11.9 Å². The van der Waals surface area contributed by atoms with E-state index in [2.05, 4.69) is 15.5 Å². The zero-order valence-corrected chi connectivity index (χ0v) is 19.8. The van der Waals surface area contributed by atoms with Crippen LogP contribution in [-0.2, 0) is 14.8 Å². The normalized spacial score (nSPS) is 16.9. The smallest absolute Gasteiger partial charge is 0.245 e. The maximum Gasteiger partial charge on any atom is 0.245 e. The van der Waals surface area contributed by atoms with Crippen LogP contribution < -0.4 is 5.32 Å². The highest BCUT2D eigenvalue weighted by Gasteiger charge is 2.39. The van der Waals surface area contributed by atoms with Crippen LogP contribution in [0.25, 0.3) is 11.4 Å². The number of hydrogen-bond acceptors (Lipinski definition) is 6. The van der Waals surface area contributed by atoms with Crippen molar-refractivity contribution in [3.05, 3.63) is 60.0 Å². The van der Waals surface area contributed by atoms with E-state index in [1.165, 1.54) is 16.4 Å². The van der Waals surface area contributed by atoms with Crippen molar-refractivity contribution < 1.29 is 17.7 Å². The summed E-state index contributed by atoms with van der Waals surface area (Å²) >= 11 is 0. The van der Waals surface area contributed by atoms with Crippen LogP contribution in [0.3, 0.4) is 0 Å². The number of sulfonamides is 1. The van der Waals surface area contributed by atoms with Crippen LogP contribution in [0.5, 0.6) is 0 Å². The lowest BCUT2D eigenvalue weighted by atomic mass is 10.1. The van der Waals surface area contributed by atoms with E-state index in [1.807, 2.05) is 45.0 Å². The minimum atomic E-state index is -3.77. The summed E-state index contributed by atoms with van der Waals surface area (Å²) in [5.74, 6) is 0.898. The van der Waals surface area contributed by atoms with Gasteiger partial charge in [-0.2, -0.15) is 9.29 Å². The molecule has 2 aromatic carbocycles. The van der Waals surface area contributed by atoms with Crippen molar-refractivity contribution in [3.63, 3.8) is 0 Å². The predicted octanol–water partition coefficient (Wildman–Crippen LogP) is 4.56. The van der Waals surface area contributed by atoms with Crippen molar-refractivity contribution in [1.29, 1.82) is 0 Å². The van der Waals surface area contributed by atoms with Crippen LogP contribution in [0, 0.1) is 12.8 Å². The third kappa shape index (κ3) is 4.99. The molecule has 2 heterocycles. The number of aryl methyl sites for hydroxylation is 1. The van der Waals surface area contributed by atoms with Gasteiger partial charge in [-0.1, -0.05) is 43.3 Å². The largest absolute Gasteiger partial charge is 0.337 e. The highest BCUT2D eigenvalue weighted by Crippen LogP contribution is 2.37. The first kappa shape index (κ1) is 23.1. The molecule has 0 radical (unpaired) electrons. The van der Waals surface area contributed by atoms with Gasteiger partial charge in [-0.25, -0.2) is 8.42 Å². The van der Waals surface area contributed by atoms with Gasteiger partial charge < -0.3 is 9.84 Å². The van der Waals surface area contributed by atoms with Gasteiger partial charge in [-0.15, -0.1) is 0 Å². The average Bonchev–Trinajstić information content (AvgIpc) is 3.44. The van der Waals surface area contributed by atoms with Crippen LogP contribution in [-0.4, -0.2) is 35.3 Å². The first-order chi connectivity index (χ1) is 15.8. The number of hydrogen-bond donors (Lipinski definition) is 1. The Balaban J connectivity index is 1.53. The van der Waals surface area contributed by atoms with Crippen LogP contribution in [0.2, 0.25) is 0 Å². The Morgan fingerprint density at radius 1 is 1.18 bits per heavy atom. The molecule has 0 saturated carbocycles. The number of anilines is 1. The predicted molar refractivity (Wildman–Crippen MR) is 125 cm³/mol. The summed E-state index contributed by atoms with van der Waals surface area (Å²) < 4.78 is 33.7. The first-order valence-corrected chi connectivity index (χ1v) is 12.5. The lowest BCUT2D eigenvalue weighted by molar-refractivity contribution is -0.116. The number of benzene rings is 2. The molecule has 4 rings (SSSR count). The van der Waals surface area contributed by atoms with Gasteiger partial charge in [0.25, 0.3) is 0 Å². The molecule has 9 heteroatoms. The van der Waals surface area contributed by atoms with Crippen molar-refractivity contribution in [2.24, 2.45) is 5.92 Å². The van der Waals surface area contributed by atoms with Crippen molar-refractivity contribution in [3.8, 4) is 11.4 Å². The fourth-order valence-corrected chi connectivity index (χ4v) is 5.66. The molecule has 1 atom stereocenters.